The number of fused-ring (bicyclic) bond motifs is 1. The molecule has 1 unspecified atom stereocenters. The molecule has 1 saturated heterocycles. The third kappa shape index (κ3) is 3.00. The summed E-state index contributed by atoms with van der Waals surface area (Å²) in [7, 11) is 1.62. The van der Waals surface area contributed by atoms with Crippen molar-refractivity contribution in [2.75, 3.05) is 13.1 Å². The number of amides is 3. The van der Waals surface area contributed by atoms with Gasteiger partial charge >= 0.3 is 17.7 Å². The quantitative estimate of drug-likeness (QED) is 0.774. The fourth-order valence-corrected chi connectivity index (χ4v) is 2.83. The van der Waals surface area contributed by atoms with Crippen LogP contribution in [0.25, 0.3) is 11.0 Å². The van der Waals surface area contributed by atoms with Crippen LogP contribution in [0.15, 0.2) is 29.1 Å². The standard InChI is InChI=1S/C16H18N4O5/c1-10(14(22)19-8-7-17-15(19)23)25-13(21)9-20-12-6-4-3-5-11(12)18(2)16(20)24/h3-6,10H,7-9H2,1-2H3,(H,17,23). The van der Waals surface area contributed by atoms with Crippen molar-refractivity contribution in [2.45, 2.75) is 19.6 Å². The maximum Gasteiger partial charge on any atom is 0.329 e. The van der Waals surface area contributed by atoms with Crippen molar-refractivity contribution < 1.29 is 19.1 Å². The Bertz CT molecular complexity index is 913. The zero-order chi connectivity index (χ0) is 18.1. The van der Waals surface area contributed by atoms with Gasteiger partial charge in [0.25, 0.3) is 5.91 Å². The number of nitrogens with one attached hydrogen (secondary N) is 1. The number of aromatic nitrogens is 2. The van der Waals surface area contributed by atoms with Gasteiger partial charge in [-0.15, -0.1) is 0 Å². The predicted molar refractivity (Wildman–Crippen MR) is 87.8 cm³/mol. The lowest BCUT2D eigenvalue weighted by molar-refractivity contribution is -0.158. The fourth-order valence-electron chi connectivity index (χ4n) is 2.83. The van der Waals surface area contributed by atoms with E-state index in [1.165, 1.54) is 16.1 Å². The molecule has 0 bridgehead atoms. The normalized spacial score (nSPS) is 15.3. The van der Waals surface area contributed by atoms with Crippen LogP contribution in [0.1, 0.15) is 6.92 Å². The second-order valence-corrected chi connectivity index (χ2v) is 5.77. The van der Waals surface area contributed by atoms with Crippen molar-refractivity contribution >= 4 is 28.9 Å². The van der Waals surface area contributed by atoms with E-state index >= 15 is 0 Å². The van der Waals surface area contributed by atoms with Crippen molar-refractivity contribution in [1.82, 2.24) is 19.4 Å². The number of rotatable bonds is 4. The zero-order valence-corrected chi connectivity index (χ0v) is 13.9. The van der Waals surface area contributed by atoms with Crippen molar-refractivity contribution in [3.63, 3.8) is 0 Å². The molecule has 132 valence electrons. The maximum atomic E-state index is 12.3. The lowest BCUT2D eigenvalue weighted by Gasteiger charge is -2.18. The van der Waals surface area contributed by atoms with Gasteiger partial charge in [0.2, 0.25) is 0 Å². The molecule has 3 amide bonds. The number of hydrogen-bond donors (Lipinski definition) is 1. The molecule has 1 fully saturated rings. The first-order valence-electron chi connectivity index (χ1n) is 7.83. The number of imide groups is 1. The number of nitrogens with zero attached hydrogens (tertiary/aromatic N) is 3. The fraction of sp³-hybridized carbons (Fsp3) is 0.375. The summed E-state index contributed by atoms with van der Waals surface area (Å²) < 4.78 is 7.84. The van der Waals surface area contributed by atoms with Crippen LogP contribution in [0, 0.1) is 0 Å². The van der Waals surface area contributed by atoms with E-state index in [9.17, 15) is 19.2 Å². The number of imidazole rings is 1. The molecule has 1 N–H and O–H groups in total. The highest BCUT2D eigenvalue weighted by Crippen LogP contribution is 2.12. The highest BCUT2D eigenvalue weighted by Gasteiger charge is 2.31. The van der Waals surface area contributed by atoms with Crippen LogP contribution < -0.4 is 11.0 Å². The molecule has 1 aliphatic rings. The van der Waals surface area contributed by atoms with Crippen LogP contribution in [0.3, 0.4) is 0 Å². The molecule has 1 aromatic carbocycles. The highest BCUT2D eigenvalue weighted by molar-refractivity contribution is 5.98. The minimum absolute atomic E-state index is 0.238. The third-order valence-electron chi connectivity index (χ3n) is 4.12. The molecule has 0 saturated carbocycles. The number of carbonyl (C=O) groups is 3. The lowest BCUT2D eigenvalue weighted by atomic mass is 10.3. The first-order chi connectivity index (χ1) is 11.9. The molecule has 0 aliphatic carbocycles. The second-order valence-electron chi connectivity index (χ2n) is 5.77. The van der Waals surface area contributed by atoms with Gasteiger partial charge in [-0.2, -0.15) is 0 Å². The van der Waals surface area contributed by atoms with E-state index in [1.807, 2.05) is 0 Å². The van der Waals surface area contributed by atoms with E-state index < -0.39 is 24.0 Å². The van der Waals surface area contributed by atoms with Crippen molar-refractivity contribution in [3.8, 4) is 0 Å². The number of hydrogen-bond acceptors (Lipinski definition) is 5. The average molecular weight is 346 g/mol. The number of urea groups is 1. The lowest BCUT2D eigenvalue weighted by Crippen LogP contribution is -2.42. The van der Waals surface area contributed by atoms with E-state index in [-0.39, 0.29) is 18.8 Å². The molecule has 1 aliphatic heterocycles. The molecule has 0 radical (unpaired) electrons. The summed E-state index contributed by atoms with van der Waals surface area (Å²) in [6, 6.07) is 6.57. The monoisotopic (exact) mass is 346 g/mol. The largest absolute Gasteiger partial charge is 0.451 e. The van der Waals surface area contributed by atoms with Gasteiger partial charge < -0.3 is 10.1 Å². The Morgan fingerprint density at radius 3 is 2.56 bits per heavy atom. The predicted octanol–water partition coefficient (Wildman–Crippen LogP) is -0.176. The summed E-state index contributed by atoms with van der Waals surface area (Å²) in [5.41, 5.74) is 0.944. The van der Waals surface area contributed by atoms with E-state index in [0.717, 1.165) is 4.90 Å². The van der Waals surface area contributed by atoms with Crippen LogP contribution in [-0.4, -0.2) is 51.1 Å². The Morgan fingerprint density at radius 2 is 1.92 bits per heavy atom. The van der Waals surface area contributed by atoms with Gasteiger partial charge in [0.05, 0.1) is 11.0 Å². The molecule has 9 heteroatoms. The highest BCUT2D eigenvalue weighted by atomic mass is 16.5. The summed E-state index contributed by atoms with van der Waals surface area (Å²) in [4.78, 5) is 49.1. The first-order valence-corrected chi connectivity index (χ1v) is 7.83. The summed E-state index contributed by atoms with van der Waals surface area (Å²) in [6.45, 7) is 1.70. The third-order valence-corrected chi connectivity index (χ3v) is 4.12. The Hall–Kier alpha value is -3.10. The molecule has 1 atom stereocenters. The van der Waals surface area contributed by atoms with Crippen LogP contribution in [0.4, 0.5) is 4.79 Å². The van der Waals surface area contributed by atoms with Crippen LogP contribution in [0.5, 0.6) is 0 Å². The molecule has 0 spiro atoms. The van der Waals surface area contributed by atoms with Gasteiger partial charge in [-0.05, 0) is 19.1 Å². The van der Waals surface area contributed by atoms with Gasteiger partial charge in [-0.25, -0.2) is 9.59 Å². The summed E-state index contributed by atoms with van der Waals surface area (Å²) in [6.07, 6.45) is -1.11. The van der Waals surface area contributed by atoms with Crippen LogP contribution in [-0.2, 0) is 27.9 Å². The van der Waals surface area contributed by atoms with Gasteiger partial charge in [-0.3, -0.25) is 23.6 Å². The zero-order valence-electron chi connectivity index (χ0n) is 13.9. The molecule has 1 aromatic heterocycles. The van der Waals surface area contributed by atoms with E-state index in [0.29, 0.717) is 17.6 Å². The Morgan fingerprint density at radius 1 is 1.24 bits per heavy atom. The van der Waals surface area contributed by atoms with Crippen molar-refractivity contribution in [2.24, 2.45) is 7.05 Å². The maximum absolute atomic E-state index is 12.3. The Labute approximate surface area is 142 Å². The second kappa shape index (κ2) is 6.42. The minimum Gasteiger partial charge on any atom is -0.451 e. The first kappa shape index (κ1) is 16.7. The molecule has 2 aromatic rings. The van der Waals surface area contributed by atoms with Gasteiger partial charge in [0.1, 0.15) is 6.54 Å². The molecular weight excluding hydrogens is 328 g/mol. The van der Waals surface area contributed by atoms with Crippen LogP contribution in [0.2, 0.25) is 0 Å². The number of esters is 1. The number of benzene rings is 1. The summed E-state index contributed by atoms with van der Waals surface area (Å²) in [5, 5.41) is 2.51. The number of para-hydroxylation sites is 2. The Balaban J connectivity index is 1.73. The molecule has 3 rings (SSSR count). The van der Waals surface area contributed by atoms with E-state index in [4.69, 9.17) is 4.74 Å². The average Bonchev–Trinajstić information content (AvgIpc) is 3.12. The molecule has 9 nitrogen and oxygen atoms in total. The SMILES string of the molecule is CC(OC(=O)Cn1c(=O)n(C)c2ccccc21)C(=O)N1CCNC1=O. The smallest absolute Gasteiger partial charge is 0.329 e. The number of ether oxygens (including phenoxy) is 1. The van der Waals surface area contributed by atoms with Gasteiger partial charge in [-0.1, -0.05) is 12.1 Å². The van der Waals surface area contributed by atoms with Gasteiger partial charge in [0, 0.05) is 20.1 Å². The summed E-state index contributed by atoms with van der Waals surface area (Å²) >= 11 is 0. The number of carbonyl (C=O) groups excluding carboxylic acids is 3. The summed E-state index contributed by atoms with van der Waals surface area (Å²) in [5.74, 6) is -1.31. The number of aryl methyl sites for hydroxylation is 1. The van der Waals surface area contributed by atoms with Crippen molar-refractivity contribution in [3.05, 3.63) is 34.7 Å². The molecule has 2 heterocycles. The van der Waals surface area contributed by atoms with E-state index in [2.05, 4.69) is 5.32 Å². The molecular formula is C16H18N4O5. The molecule has 25 heavy (non-hydrogen) atoms. The van der Waals surface area contributed by atoms with Gasteiger partial charge in [0.15, 0.2) is 6.10 Å². The van der Waals surface area contributed by atoms with E-state index in [1.54, 1.807) is 31.3 Å². The van der Waals surface area contributed by atoms with Crippen LogP contribution >= 0.6 is 0 Å². The topological polar surface area (TPSA) is 103 Å². The Kier molecular flexibility index (Phi) is 4.30. The minimum atomic E-state index is -1.11. The van der Waals surface area contributed by atoms with Crippen molar-refractivity contribution in [1.29, 1.82) is 0 Å².